The lowest BCUT2D eigenvalue weighted by Gasteiger charge is -2.32. The molecule has 1 aliphatic heterocycles. The predicted molar refractivity (Wildman–Crippen MR) is 123 cm³/mol. The highest BCUT2D eigenvalue weighted by atomic mass is 19.3. The van der Waals surface area contributed by atoms with E-state index in [0.29, 0.717) is 37.3 Å². The summed E-state index contributed by atoms with van der Waals surface area (Å²) < 4.78 is 26.8. The summed E-state index contributed by atoms with van der Waals surface area (Å²) in [5.74, 6) is -2.34. The van der Waals surface area contributed by atoms with Crippen molar-refractivity contribution < 1.29 is 13.6 Å². The molecule has 32 heavy (non-hydrogen) atoms. The summed E-state index contributed by atoms with van der Waals surface area (Å²) in [6.07, 6.45) is 1.36. The fourth-order valence-electron chi connectivity index (χ4n) is 4.36. The normalized spacial score (nSPS) is 21.0. The van der Waals surface area contributed by atoms with Gasteiger partial charge < -0.3 is 4.90 Å². The van der Waals surface area contributed by atoms with Crippen molar-refractivity contribution in [3.05, 3.63) is 83.1 Å². The van der Waals surface area contributed by atoms with E-state index < -0.39 is 11.8 Å². The number of aldehydes is 1. The second kappa shape index (κ2) is 9.33. The minimum atomic E-state index is -2.53. The zero-order valence-electron chi connectivity index (χ0n) is 18.5. The smallest absolute Gasteiger partial charge is 0.252 e. The van der Waals surface area contributed by atoms with Crippen molar-refractivity contribution in [1.29, 1.82) is 0 Å². The molecule has 0 aromatic heterocycles. The first-order valence-electron chi connectivity index (χ1n) is 11.0. The van der Waals surface area contributed by atoms with Crippen molar-refractivity contribution in [2.45, 2.75) is 31.7 Å². The molecule has 4 rings (SSSR count). The Morgan fingerprint density at radius 2 is 1.72 bits per heavy atom. The Morgan fingerprint density at radius 1 is 1.16 bits per heavy atom. The van der Waals surface area contributed by atoms with Crippen LogP contribution in [0.5, 0.6) is 0 Å². The van der Waals surface area contributed by atoms with Gasteiger partial charge in [-0.3, -0.25) is 9.69 Å². The lowest BCUT2D eigenvalue weighted by atomic mass is 9.97. The van der Waals surface area contributed by atoms with Crippen LogP contribution in [0, 0.1) is 5.92 Å². The Hall–Kier alpha value is -2.86. The molecule has 0 amide bonds. The second-order valence-corrected chi connectivity index (χ2v) is 8.73. The lowest BCUT2D eigenvalue weighted by molar-refractivity contribution is -0.105. The molecule has 0 bridgehead atoms. The molecule has 2 aromatic rings. The second-order valence-electron chi connectivity index (χ2n) is 8.73. The van der Waals surface area contributed by atoms with Crippen molar-refractivity contribution in [2.24, 2.45) is 10.9 Å². The van der Waals surface area contributed by atoms with E-state index >= 15 is 0 Å². The van der Waals surface area contributed by atoms with Gasteiger partial charge in [0.05, 0.1) is 11.7 Å². The maximum absolute atomic E-state index is 13.4. The molecule has 0 N–H and O–H groups in total. The minimum absolute atomic E-state index is 0.0359. The van der Waals surface area contributed by atoms with Gasteiger partial charge in [0.2, 0.25) is 0 Å². The van der Waals surface area contributed by atoms with E-state index in [0.717, 1.165) is 23.2 Å². The number of carbonyl (C=O) groups is 1. The van der Waals surface area contributed by atoms with Gasteiger partial charge in [-0.2, -0.15) is 0 Å². The molecule has 1 heterocycles. The molecule has 1 atom stereocenters. The SMILES string of the molecule is CC(=NC1=C(C=O)CCN(CC2CC2(F)F)C1)N(C)C(c1ccccc1)c1ccccc1. The number of alkyl halides is 2. The highest BCUT2D eigenvalue weighted by Crippen LogP contribution is 2.49. The van der Waals surface area contributed by atoms with Gasteiger partial charge in [0.1, 0.15) is 12.1 Å². The van der Waals surface area contributed by atoms with E-state index in [2.05, 4.69) is 29.2 Å². The Labute approximate surface area is 188 Å². The number of amidine groups is 1. The molecular formula is C26H29F2N3O. The molecule has 168 valence electrons. The average Bonchev–Trinajstić information content (AvgIpc) is 3.40. The number of rotatable bonds is 7. The van der Waals surface area contributed by atoms with Gasteiger partial charge in [0.25, 0.3) is 5.92 Å². The molecule has 1 aliphatic carbocycles. The quantitative estimate of drug-likeness (QED) is 0.350. The van der Waals surface area contributed by atoms with Gasteiger partial charge in [-0.25, -0.2) is 13.8 Å². The summed E-state index contributed by atoms with van der Waals surface area (Å²) in [5.41, 5.74) is 3.62. The summed E-state index contributed by atoms with van der Waals surface area (Å²) in [7, 11) is 2.00. The first-order valence-corrected chi connectivity index (χ1v) is 11.0. The maximum atomic E-state index is 13.4. The van der Waals surface area contributed by atoms with Crippen LogP contribution >= 0.6 is 0 Å². The van der Waals surface area contributed by atoms with E-state index in [1.807, 2.05) is 55.3 Å². The summed E-state index contributed by atoms with van der Waals surface area (Å²) in [6.45, 7) is 3.32. The fraction of sp³-hybridized carbons (Fsp3) is 0.385. The summed E-state index contributed by atoms with van der Waals surface area (Å²) >= 11 is 0. The Morgan fingerprint density at radius 3 is 2.22 bits per heavy atom. The van der Waals surface area contributed by atoms with Crippen LogP contribution in [0.3, 0.4) is 0 Å². The lowest BCUT2D eigenvalue weighted by Crippen LogP contribution is -2.35. The molecule has 1 unspecified atom stereocenters. The molecule has 0 spiro atoms. The Balaban J connectivity index is 1.58. The van der Waals surface area contributed by atoms with Crippen molar-refractivity contribution in [3.8, 4) is 0 Å². The Bertz CT molecular complexity index is 965. The highest BCUT2D eigenvalue weighted by Gasteiger charge is 2.57. The van der Waals surface area contributed by atoms with E-state index in [1.165, 1.54) is 0 Å². The number of hydrogen-bond acceptors (Lipinski definition) is 3. The van der Waals surface area contributed by atoms with Crippen molar-refractivity contribution >= 4 is 12.1 Å². The van der Waals surface area contributed by atoms with Crippen LogP contribution in [-0.2, 0) is 4.79 Å². The number of benzene rings is 2. The molecule has 2 aromatic carbocycles. The van der Waals surface area contributed by atoms with Gasteiger partial charge in [-0.15, -0.1) is 0 Å². The van der Waals surface area contributed by atoms with E-state index in [1.54, 1.807) is 0 Å². The van der Waals surface area contributed by atoms with Crippen LogP contribution in [0.1, 0.15) is 36.9 Å². The largest absolute Gasteiger partial charge is 0.352 e. The van der Waals surface area contributed by atoms with Crippen LogP contribution in [0.4, 0.5) is 8.78 Å². The monoisotopic (exact) mass is 437 g/mol. The first kappa shape index (κ1) is 22.3. The summed E-state index contributed by atoms with van der Waals surface area (Å²) in [5, 5.41) is 0. The molecule has 1 fully saturated rings. The number of halogens is 2. The first-order chi connectivity index (χ1) is 15.4. The predicted octanol–water partition coefficient (Wildman–Crippen LogP) is 4.94. The molecule has 2 aliphatic rings. The zero-order valence-corrected chi connectivity index (χ0v) is 18.5. The third-order valence-corrected chi connectivity index (χ3v) is 6.44. The average molecular weight is 438 g/mol. The molecule has 6 heteroatoms. The Kier molecular flexibility index (Phi) is 6.51. The van der Waals surface area contributed by atoms with Crippen LogP contribution in [0.25, 0.3) is 0 Å². The van der Waals surface area contributed by atoms with E-state index in [9.17, 15) is 13.6 Å². The van der Waals surface area contributed by atoms with E-state index in [-0.39, 0.29) is 12.5 Å². The minimum Gasteiger partial charge on any atom is -0.352 e. The van der Waals surface area contributed by atoms with Crippen LogP contribution in [0.2, 0.25) is 0 Å². The molecular weight excluding hydrogens is 408 g/mol. The van der Waals surface area contributed by atoms with Gasteiger partial charge >= 0.3 is 0 Å². The zero-order chi connectivity index (χ0) is 22.7. The highest BCUT2D eigenvalue weighted by molar-refractivity contribution is 5.83. The third-order valence-electron chi connectivity index (χ3n) is 6.44. The van der Waals surface area contributed by atoms with Crippen LogP contribution in [0.15, 0.2) is 76.9 Å². The van der Waals surface area contributed by atoms with E-state index in [4.69, 9.17) is 4.99 Å². The third kappa shape index (κ3) is 4.96. The molecule has 1 saturated carbocycles. The van der Waals surface area contributed by atoms with Crippen LogP contribution < -0.4 is 0 Å². The molecule has 0 saturated heterocycles. The topological polar surface area (TPSA) is 35.9 Å². The van der Waals surface area contributed by atoms with Crippen molar-refractivity contribution in [3.63, 3.8) is 0 Å². The molecule has 4 nitrogen and oxygen atoms in total. The van der Waals surface area contributed by atoms with Gasteiger partial charge in [0.15, 0.2) is 0 Å². The summed E-state index contributed by atoms with van der Waals surface area (Å²) in [6, 6.07) is 20.4. The number of aliphatic imine (C=N–C) groups is 1. The van der Waals surface area contributed by atoms with Crippen molar-refractivity contribution in [1.82, 2.24) is 9.80 Å². The number of carbonyl (C=O) groups excluding carboxylic acids is 1. The number of nitrogens with zero attached hydrogens (tertiary/aromatic N) is 3. The summed E-state index contributed by atoms with van der Waals surface area (Å²) in [4.78, 5) is 20.6. The standard InChI is InChI=1S/C26H29F2N3O/c1-19(29-24-17-31(14-13-22(24)18-32)16-23-15-26(23,27)28)30(2)25(20-9-5-3-6-10-20)21-11-7-4-8-12-21/h3-12,18,23,25H,13-17H2,1-2H3. The van der Waals surface area contributed by atoms with Gasteiger partial charge in [-0.05, 0) is 24.5 Å². The van der Waals surface area contributed by atoms with Crippen molar-refractivity contribution in [2.75, 3.05) is 26.7 Å². The van der Waals surface area contributed by atoms with Gasteiger partial charge in [-0.1, -0.05) is 60.7 Å². The fourth-order valence-corrected chi connectivity index (χ4v) is 4.36. The van der Waals surface area contributed by atoms with Gasteiger partial charge in [0, 0.05) is 44.6 Å². The number of hydrogen-bond donors (Lipinski definition) is 0. The molecule has 0 radical (unpaired) electrons. The van der Waals surface area contributed by atoms with Crippen LogP contribution in [-0.4, -0.2) is 54.5 Å². The maximum Gasteiger partial charge on any atom is 0.252 e.